The Balaban J connectivity index is 1.96. The Kier molecular flexibility index (Phi) is 6.80. The summed E-state index contributed by atoms with van der Waals surface area (Å²) < 4.78 is 25.6. The number of aryl methyl sites for hydroxylation is 3. The number of anilines is 1. The van der Waals surface area contributed by atoms with E-state index in [9.17, 15) is 13.2 Å². The molecule has 0 saturated heterocycles. The van der Waals surface area contributed by atoms with Gasteiger partial charge in [0.15, 0.2) is 0 Å². The van der Waals surface area contributed by atoms with Gasteiger partial charge in [0, 0.05) is 6.54 Å². The summed E-state index contributed by atoms with van der Waals surface area (Å²) in [6.45, 7) is 4.03. The Morgan fingerprint density at radius 3 is 2.42 bits per heavy atom. The topological polar surface area (TPSA) is 66.5 Å². The molecule has 0 saturated carbocycles. The molecule has 0 unspecified atom stereocenters. The normalized spacial score (nSPS) is 11.2. The van der Waals surface area contributed by atoms with Crippen LogP contribution in [0.3, 0.4) is 0 Å². The highest BCUT2D eigenvalue weighted by Gasteiger charge is 2.22. The van der Waals surface area contributed by atoms with E-state index in [4.69, 9.17) is 0 Å². The number of amides is 1. The SMILES string of the molecule is Cc1ccc(C)c(N(CC(=O)NCCCc2ccccc2)S(C)(=O)=O)c1. The zero-order valence-corrected chi connectivity index (χ0v) is 16.3. The van der Waals surface area contributed by atoms with Crippen molar-refractivity contribution in [1.82, 2.24) is 5.32 Å². The lowest BCUT2D eigenvalue weighted by atomic mass is 10.1. The van der Waals surface area contributed by atoms with Gasteiger partial charge in [-0.2, -0.15) is 0 Å². The van der Waals surface area contributed by atoms with E-state index in [0.29, 0.717) is 12.2 Å². The molecule has 0 fully saturated rings. The molecule has 2 rings (SSSR count). The molecule has 5 nitrogen and oxygen atoms in total. The lowest BCUT2D eigenvalue weighted by Gasteiger charge is -2.24. The van der Waals surface area contributed by atoms with E-state index in [2.05, 4.69) is 5.32 Å². The van der Waals surface area contributed by atoms with Gasteiger partial charge in [-0.05, 0) is 49.4 Å². The summed E-state index contributed by atoms with van der Waals surface area (Å²) in [5.74, 6) is -0.301. The molecule has 1 N–H and O–H groups in total. The van der Waals surface area contributed by atoms with E-state index < -0.39 is 10.0 Å². The standard InChI is InChI=1S/C20H26N2O3S/c1-16-11-12-17(2)19(14-16)22(26(3,24)25)15-20(23)21-13-7-10-18-8-5-4-6-9-18/h4-6,8-9,11-12,14H,7,10,13,15H2,1-3H3,(H,21,23). The van der Waals surface area contributed by atoms with Gasteiger partial charge in [0.2, 0.25) is 15.9 Å². The van der Waals surface area contributed by atoms with E-state index in [0.717, 1.165) is 30.2 Å². The molecule has 0 atom stereocenters. The molecule has 0 aromatic heterocycles. The highest BCUT2D eigenvalue weighted by molar-refractivity contribution is 7.92. The van der Waals surface area contributed by atoms with Gasteiger partial charge in [-0.15, -0.1) is 0 Å². The van der Waals surface area contributed by atoms with Crippen molar-refractivity contribution in [1.29, 1.82) is 0 Å². The maximum atomic E-state index is 12.3. The first-order chi connectivity index (χ1) is 12.3. The number of nitrogens with one attached hydrogen (secondary N) is 1. The van der Waals surface area contributed by atoms with Gasteiger partial charge in [0.25, 0.3) is 0 Å². The molecule has 0 heterocycles. The second-order valence-electron chi connectivity index (χ2n) is 6.50. The van der Waals surface area contributed by atoms with E-state index in [1.54, 1.807) is 6.07 Å². The first-order valence-electron chi connectivity index (χ1n) is 8.63. The third-order valence-electron chi connectivity index (χ3n) is 4.13. The van der Waals surface area contributed by atoms with Crippen LogP contribution in [0.2, 0.25) is 0 Å². The molecular weight excluding hydrogens is 348 g/mol. The average molecular weight is 375 g/mol. The molecule has 0 aliphatic carbocycles. The Hall–Kier alpha value is -2.34. The molecule has 0 aliphatic rings. The predicted molar refractivity (Wildman–Crippen MR) is 106 cm³/mol. The zero-order chi connectivity index (χ0) is 19.2. The number of carbonyl (C=O) groups is 1. The van der Waals surface area contributed by atoms with E-state index >= 15 is 0 Å². The van der Waals surface area contributed by atoms with Crippen LogP contribution in [0, 0.1) is 13.8 Å². The number of nitrogens with zero attached hydrogens (tertiary/aromatic N) is 1. The molecule has 26 heavy (non-hydrogen) atoms. The van der Waals surface area contributed by atoms with Crippen LogP contribution in [-0.2, 0) is 21.2 Å². The number of hydrogen-bond acceptors (Lipinski definition) is 3. The van der Waals surface area contributed by atoms with Crippen molar-refractivity contribution in [2.75, 3.05) is 23.7 Å². The van der Waals surface area contributed by atoms with Crippen LogP contribution in [0.15, 0.2) is 48.5 Å². The fourth-order valence-corrected chi connectivity index (χ4v) is 3.63. The highest BCUT2D eigenvalue weighted by Crippen LogP contribution is 2.23. The van der Waals surface area contributed by atoms with Crippen molar-refractivity contribution in [3.8, 4) is 0 Å². The second kappa shape index (κ2) is 8.85. The number of carbonyl (C=O) groups excluding carboxylic acids is 1. The fourth-order valence-electron chi connectivity index (χ4n) is 2.72. The van der Waals surface area contributed by atoms with Crippen molar-refractivity contribution in [3.63, 3.8) is 0 Å². The monoisotopic (exact) mass is 374 g/mol. The van der Waals surface area contributed by atoms with Gasteiger partial charge in [0.1, 0.15) is 6.54 Å². The summed E-state index contributed by atoms with van der Waals surface area (Å²) in [5, 5.41) is 2.81. The molecular formula is C20H26N2O3S. The summed E-state index contributed by atoms with van der Waals surface area (Å²) in [6, 6.07) is 15.6. The first kappa shape index (κ1) is 20.0. The maximum Gasteiger partial charge on any atom is 0.240 e. The molecule has 1 amide bonds. The minimum Gasteiger partial charge on any atom is -0.355 e. The lowest BCUT2D eigenvalue weighted by molar-refractivity contribution is -0.119. The maximum absolute atomic E-state index is 12.3. The number of rotatable bonds is 8. The Labute approximate surface area is 156 Å². The summed E-state index contributed by atoms with van der Waals surface area (Å²) in [4.78, 5) is 12.3. The number of sulfonamides is 1. The van der Waals surface area contributed by atoms with E-state index in [1.165, 1.54) is 9.87 Å². The van der Waals surface area contributed by atoms with Crippen LogP contribution in [0.5, 0.6) is 0 Å². The van der Waals surface area contributed by atoms with Crippen LogP contribution >= 0.6 is 0 Å². The third-order valence-corrected chi connectivity index (χ3v) is 5.25. The van der Waals surface area contributed by atoms with Crippen molar-refractivity contribution < 1.29 is 13.2 Å². The molecule has 2 aromatic rings. The quantitative estimate of drug-likeness (QED) is 0.723. The molecule has 0 aliphatic heterocycles. The summed E-state index contributed by atoms with van der Waals surface area (Å²) in [6.07, 6.45) is 2.80. The van der Waals surface area contributed by atoms with Gasteiger partial charge in [0.05, 0.1) is 11.9 Å². The minimum atomic E-state index is -3.55. The smallest absolute Gasteiger partial charge is 0.240 e. The zero-order valence-electron chi connectivity index (χ0n) is 15.5. The van der Waals surface area contributed by atoms with Crippen molar-refractivity contribution in [2.45, 2.75) is 26.7 Å². The third kappa shape index (κ3) is 5.88. The van der Waals surface area contributed by atoms with Crippen LogP contribution in [-0.4, -0.2) is 33.7 Å². The Morgan fingerprint density at radius 2 is 1.77 bits per heavy atom. The molecule has 0 bridgehead atoms. The molecule has 0 spiro atoms. The first-order valence-corrected chi connectivity index (χ1v) is 10.5. The van der Waals surface area contributed by atoms with Gasteiger partial charge < -0.3 is 5.32 Å². The number of hydrogen-bond donors (Lipinski definition) is 1. The molecule has 6 heteroatoms. The average Bonchev–Trinajstić information content (AvgIpc) is 2.59. The van der Waals surface area contributed by atoms with Crippen LogP contribution in [0.1, 0.15) is 23.1 Å². The van der Waals surface area contributed by atoms with Crippen LogP contribution in [0.25, 0.3) is 0 Å². The predicted octanol–water partition coefficient (Wildman–Crippen LogP) is 2.82. The summed E-state index contributed by atoms with van der Waals surface area (Å²) in [7, 11) is -3.55. The molecule has 2 aromatic carbocycles. The minimum absolute atomic E-state index is 0.214. The van der Waals surface area contributed by atoms with Crippen LogP contribution in [0.4, 0.5) is 5.69 Å². The van der Waals surface area contributed by atoms with Crippen LogP contribution < -0.4 is 9.62 Å². The molecule has 140 valence electrons. The van der Waals surface area contributed by atoms with Gasteiger partial charge in [-0.3, -0.25) is 9.10 Å². The Bertz CT molecular complexity index is 849. The lowest BCUT2D eigenvalue weighted by Crippen LogP contribution is -2.41. The van der Waals surface area contributed by atoms with E-state index in [-0.39, 0.29) is 12.5 Å². The number of benzene rings is 2. The largest absolute Gasteiger partial charge is 0.355 e. The van der Waals surface area contributed by atoms with E-state index in [1.807, 2.05) is 56.3 Å². The van der Waals surface area contributed by atoms with Gasteiger partial charge >= 0.3 is 0 Å². The van der Waals surface area contributed by atoms with Gasteiger partial charge in [-0.1, -0.05) is 42.5 Å². The summed E-state index contributed by atoms with van der Waals surface area (Å²) >= 11 is 0. The highest BCUT2D eigenvalue weighted by atomic mass is 32.2. The Morgan fingerprint density at radius 1 is 1.08 bits per heavy atom. The van der Waals surface area contributed by atoms with Crippen molar-refractivity contribution in [3.05, 3.63) is 65.2 Å². The molecule has 0 radical (unpaired) electrons. The van der Waals surface area contributed by atoms with Crippen molar-refractivity contribution in [2.24, 2.45) is 0 Å². The summed E-state index contributed by atoms with van der Waals surface area (Å²) in [5.41, 5.74) is 3.53. The van der Waals surface area contributed by atoms with Crippen molar-refractivity contribution >= 4 is 21.6 Å². The van der Waals surface area contributed by atoms with Gasteiger partial charge in [-0.25, -0.2) is 8.42 Å². The fraction of sp³-hybridized carbons (Fsp3) is 0.350. The second-order valence-corrected chi connectivity index (χ2v) is 8.41.